The standard InChI is InChI=1S/C13H8FN3O2S/c14-9-5-3-8(4-6-9)11-15-13(20-17-11)16-12(18)10-2-1-7-19-10/h1-7H,(H,15,16,17,18). The van der Waals surface area contributed by atoms with Gasteiger partial charge in [0.1, 0.15) is 5.82 Å². The molecule has 2 aromatic heterocycles. The molecule has 3 rings (SSSR count). The maximum atomic E-state index is 12.8. The van der Waals surface area contributed by atoms with Crippen molar-refractivity contribution in [3.05, 3.63) is 54.2 Å². The Balaban J connectivity index is 1.77. The maximum absolute atomic E-state index is 12.8. The zero-order valence-electron chi connectivity index (χ0n) is 10.0. The normalized spacial score (nSPS) is 10.4. The van der Waals surface area contributed by atoms with Gasteiger partial charge < -0.3 is 4.42 Å². The molecule has 0 spiro atoms. The van der Waals surface area contributed by atoms with Gasteiger partial charge in [0.05, 0.1) is 6.26 Å². The minimum absolute atomic E-state index is 0.198. The third kappa shape index (κ3) is 2.57. The summed E-state index contributed by atoms with van der Waals surface area (Å²) >= 11 is 1.05. The molecule has 0 unspecified atom stereocenters. The molecule has 0 aliphatic heterocycles. The van der Waals surface area contributed by atoms with E-state index in [4.69, 9.17) is 4.42 Å². The van der Waals surface area contributed by atoms with Crippen LogP contribution < -0.4 is 5.32 Å². The number of anilines is 1. The van der Waals surface area contributed by atoms with Crippen LogP contribution in [0.25, 0.3) is 11.4 Å². The van der Waals surface area contributed by atoms with E-state index in [-0.39, 0.29) is 11.6 Å². The first-order valence-corrected chi connectivity index (χ1v) is 6.44. The average Bonchev–Trinajstić information content (AvgIpc) is 3.10. The van der Waals surface area contributed by atoms with Crippen molar-refractivity contribution in [2.45, 2.75) is 0 Å². The highest BCUT2D eigenvalue weighted by molar-refractivity contribution is 7.10. The number of nitrogens with one attached hydrogen (secondary N) is 1. The summed E-state index contributed by atoms with van der Waals surface area (Å²) in [5.41, 5.74) is 0.682. The lowest BCUT2D eigenvalue weighted by Gasteiger charge is -1.96. The molecule has 3 aromatic rings. The Morgan fingerprint density at radius 1 is 1.25 bits per heavy atom. The van der Waals surface area contributed by atoms with Crippen LogP contribution in [0.3, 0.4) is 0 Å². The summed E-state index contributed by atoms with van der Waals surface area (Å²) in [5.74, 6) is -0.0830. The number of rotatable bonds is 3. The lowest BCUT2D eigenvalue weighted by Crippen LogP contribution is -2.10. The van der Waals surface area contributed by atoms with Gasteiger partial charge in [0.25, 0.3) is 5.91 Å². The number of furan rings is 1. The number of amides is 1. The van der Waals surface area contributed by atoms with E-state index in [1.54, 1.807) is 24.3 Å². The van der Waals surface area contributed by atoms with Crippen LogP contribution in [0.1, 0.15) is 10.6 Å². The van der Waals surface area contributed by atoms with Crippen molar-refractivity contribution < 1.29 is 13.6 Å². The van der Waals surface area contributed by atoms with Crippen LogP contribution in [0.15, 0.2) is 47.1 Å². The van der Waals surface area contributed by atoms with Crippen molar-refractivity contribution >= 4 is 22.6 Å². The van der Waals surface area contributed by atoms with Gasteiger partial charge in [-0.25, -0.2) is 4.39 Å². The number of aromatic nitrogens is 2. The van der Waals surface area contributed by atoms with Gasteiger partial charge in [-0.2, -0.15) is 9.36 Å². The lowest BCUT2D eigenvalue weighted by atomic mass is 10.2. The summed E-state index contributed by atoms with van der Waals surface area (Å²) in [6.07, 6.45) is 1.42. The maximum Gasteiger partial charge on any atom is 0.293 e. The molecular formula is C13H8FN3O2S. The van der Waals surface area contributed by atoms with Crippen LogP contribution in [-0.2, 0) is 0 Å². The quantitative estimate of drug-likeness (QED) is 0.804. The first-order valence-electron chi connectivity index (χ1n) is 5.67. The zero-order chi connectivity index (χ0) is 13.9. The fraction of sp³-hybridized carbons (Fsp3) is 0. The van der Waals surface area contributed by atoms with Crippen molar-refractivity contribution in [3.8, 4) is 11.4 Å². The van der Waals surface area contributed by atoms with Gasteiger partial charge >= 0.3 is 0 Å². The molecule has 7 heteroatoms. The number of hydrogen-bond donors (Lipinski definition) is 1. The molecular weight excluding hydrogens is 281 g/mol. The number of carbonyl (C=O) groups excluding carboxylic acids is 1. The van der Waals surface area contributed by atoms with Crippen molar-refractivity contribution in [2.75, 3.05) is 5.32 Å². The molecule has 0 saturated heterocycles. The Bertz CT molecular complexity index is 722. The summed E-state index contributed by atoms with van der Waals surface area (Å²) in [4.78, 5) is 15.9. The highest BCUT2D eigenvalue weighted by atomic mass is 32.1. The van der Waals surface area contributed by atoms with Crippen LogP contribution in [0.2, 0.25) is 0 Å². The van der Waals surface area contributed by atoms with Gasteiger partial charge in [0, 0.05) is 17.1 Å². The van der Waals surface area contributed by atoms with Gasteiger partial charge in [-0.15, -0.1) is 0 Å². The van der Waals surface area contributed by atoms with Crippen LogP contribution in [0.5, 0.6) is 0 Å². The molecule has 0 aliphatic rings. The minimum atomic E-state index is -0.392. The fourth-order valence-corrected chi connectivity index (χ4v) is 2.14. The lowest BCUT2D eigenvalue weighted by molar-refractivity contribution is 0.0996. The van der Waals surface area contributed by atoms with E-state index in [1.807, 2.05) is 0 Å². The van der Waals surface area contributed by atoms with E-state index < -0.39 is 5.91 Å². The second-order valence-corrected chi connectivity index (χ2v) is 4.61. The first-order chi connectivity index (χ1) is 9.72. The van der Waals surface area contributed by atoms with Gasteiger partial charge in [-0.05, 0) is 36.4 Å². The molecule has 1 N–H and O–H groups in total. The van der Waals surface area contributed by atoms with E-state index in [9.17, 15) is 9.18 Å². The predicted molar refractivity (Wildman–Crippen MR) is 72.0 cm³/mol. The Morgan fingerprint density at radius 3 is 2.75 bits per heavy atom. The fourth-order valence-electron chi connectivity index (χ4n) is 1.56. The minimum Gasteiger partial charge on any atom is -0.459 e. The SMILES string of the molecule is O=C(Nc1nc(-c2ccc(F)cc2)ns1)c1ccco1. The number of nitrogens with zero attached hydrogens (tertiary/aromatic N) is 2. The van der Waals surface area contributed by atoms with E-state index in [0.29, 0.717) is 16.5 Å². The number of hydrogen-bond acceptors (Lipinski definition) is 5. The van der Waals surface area contributed by atoms with Crippen LogP contribution in [0.4, 0.5) is 9.52 Å². The molecule has 0 aliphatic carbocycles. The molecule has 0 bridgehead atoms. The number of halogens is 1. The highest BCUT2D eigenvalue weighted by Gasteiger charge is 2.12. The third-order valence-electron chi connectivity index (χ3n) is 2.49. The van der Waals surface area contributed by atoms with Crippen LogP contribution in [-0.4, -0.2) is 15.3 Å². The summed E-state index contributed by atoms with van der Waals surface area (Å²) in [7, 11) is 0. The molecule has 0 fully saturated rings. The molecule has 100 valence electrons. The summed E-state index contributed by atoms with van der Waals surface area (Å²) in [6, 6.07) is 9.00. The molecule has 0 atom stereocenters. The van der Waals surface area contributed by atoms with E-state index in [0.717, 1.165) is 11.5 Å². The van der Waals surface area contributed by atoms with Gasteiger partial charge in [0.15, 0.2) is 11.6 Å². The smallest absolute Gasteiger partial charge is 0.293 e. The van der Waals surface area contributed by atoms with Crippen LogP contribution in [0, 0.1) is 5.82 Å². The molecule has 0 radical (unpaired) electrons. The molecule has 0 saturated carbocycles. The largest absolute Gasteiger partial charge is 0.459 e. The molecule has 1 aromatic carbocycles. The Labute approximate surface area is 117 Å². The van der Waals surface area contributed by atoms with E-state index in [2.05, 4.69) is 14.7 Å². The monoisotopic (exact) mass is 289 g/mol. The Hall–Kier alpha value is -2.54. The highest BCUT2D eigenvalue weighted by Crippen LogP contribution is 2.21. The summed E-state index contributed by atoms with van der Waals surface area (Å²) < 4.78 is 21.9. The predicted octanol–water partition coefficient (Wildman–Crippen LogP) is 3.19. The summed E-state index contributed by atoms with van der Waals surface area (Å²) in [5, 5.41) is 2.94. The Morgan fingerprint density at radius 2 is 2.05 bits per heavy atom. The zero-order valence-corrected chi connectivity index (χ0v) is 10.9. The number of carbonyl (C=O) groups is 1. The van der Waals surface area contributed by atoms with Gasteiger partial charge in [-0.3, -0.25) is 10.1 Å². The average molecular weight is 289 g/mol. The van der Waals surface area contributed by atoms with Crippen molar-refractivity contribution in [2.24, 2.45) is 0 Å². The molecule has 5 nitrogen and oxygen atoms in total. The second kappa shape index (κ2) is 5.22. The van der Waals surface area contributed by atoms with Crippen molar-refractivity contribution in [1.82, 2.24) is 9.36 Å². The van der Waals surface area contributed by atoms with Gasteiger partial charge in [-0.1, -0.05) is 0 Å². The van der Waals surface area contributed by atoms with Crippen LogP contribution >= 0.6 is 11.5 Å². The van der Waals surface area contributed by atoms with Crippen molar-refractivity contribution in [1.29, 1.82) is 0 Å². The number of benzene rings is 1. The van der Waals surface area contributed by atoms with Crippen molar-refractivity contribution in [3.63, 3.8) is 0 Å². The third-order valence-corrected chi connectivity index (χ3v) is 3.12. The molecule has 1 amide bonds. The Kier molecular flexibility index (Phi) is 3.26. The summed E-state index contributed by atoms with van der Waals surface area (Å²) in [6.45, 7) is 0. The first kappa shape index (κ1) is 12.5. The second-order valence-electron chi connectivity index (χ2n) is 3.86. The topological polar surface area (TPSA) is 68.0 Å². The molecule has 20 heavy (non-hydrogen) atoms. The van der Waals surface area contributed by atoms with Gasteiger partial charge in [0.2, 0.25) is 5.13 Å². The van der Waals surface area contributed by atoms with E-state index in [1.165, 1.54) is 18.4 Å². The van der Waals surface area contributed by atoms with E-state index >= 15 is 0 Å². The molecule has 2 heterocycles.